The highest BCUT2D eigenvalue weighted by Gasteiger charge is 2.27. The van der Waals surface area contributed by atoms with Gasteiger partial charge in [0.05, 0.1) is 18.5 Å². The van der Waals surface area contributed by atoms with Crippen molar-refractivity contribution >= 4 is 15.9 Å². The summed E-state index contributed by atoms with van der Waals surface area (Å²) in [5.41, 5.74) is 1.60. The quantitative estimate of drug-likeness (QED) is 0.867. The van der Waals surface area contributed by atoms with Crippen LogP contribution in [0.15, 0.2) is 24.3 Å². The smallest absolute Gasteiger partial charge is 0.251 e. The van der Waals surface area contributed by atoms with Crippen molar-refractivity contribution in [3.05, 3.63) is 35.4 Å². The van der Waals surface area contributed by atoms with Crippen molar-refractivity contribution in [1.29, 1.82) is 0 Å². The minimum absolute atomic E-state index is 0.0920. The Bertz CT molecular complexity index is 613. The molecule has 1 aliphatic rings. The van der Waals surface area contributed by atoms with E-state index in [9.17, 15) is 13.2 Å². The lowest BCUT2D eigenvalue weighted by atomic mass is 10.1. The highest BCUT2D eigenvalue weighted by molar-refractivity contribution is 7.89. The van der Waals surface area contributed by atoms with E-state index in [1.165, 1.54) is 4.31 Å². The van der Waals surface area contributed by atoms with Crippen LogP contribution in [0.4, 0.5) is 0 Å². The average molecular weight is 326 g/mol. The van der Waals surface area contributed by atoms with Crippen LogP contribution >= 0.6 is 0 Å². The first kappa shape index (κ1) is 16.9. The van der Waals surface area contributed by atoms with E-state index in [0.717, 1.165) is 5.56 Å². The molecule has 1 amide bonds. The van der Waals surface area contributed by atoms with E-state index in [4.69, 9.17) is 4.74 Å². The number of amides is 1. The second-order valence-corrected chi connectivity index (χ2v) is 7.57. The summed E-state index contributed by atoms with van der Waals surface area (Å²) in [5, 5.41) is 2.65. The number of hydrogen-bond donors (Lipinski definition) is 1. The third-order valence-corrected chi connectivity index (χ3v) is 5.39. The predicted molar refractivity (Wildman–Crippen MR) is 84.3 cm³/mol. The number of hydrogen-bond acceptors (Lipinski definition) is 4. The summed E-state index contributed by atoms with van der Waals surface area (Å²) >= 11 is 0. The fraction of sp³-hybridized carbons (Fsp3) is 0.533. The minimum Gasteiger partial charge on any atom is -0.376 e. The second-order valence-electron chi connectivity index (χ2n) is 5.48. The van der Waals surface area contributed by atoms with Gasteiger partial charge in [-0.3, -0.25) is 4.79 Å². The van der Waals surface area contributed by atoms with Gasteiger partial charge >= 0.3 is 0 Å². The largest absolute Gasteiger partial charge is 0.376 e. The van der Waals surface area contributed by atoms with Crippen molar-refractivity contribution < 1.29 is 17.9 Å². The molecule has 0 saturated carbocycles. The summed E-state index contributed by atoms with van der Waals surface area (Å²) < 4.78 is 31.2. The van der Waals surface area contributed by atoms with Crippen LogP contribution in [-0.2, 0) is 14.8 Å². The molecule has 1 aromatic carbocycles. The van der Waals surface area contributed by atoms with Gasteiger partial charge in [-0.05, 0) is 26.0 Å². The summed E-state index contributed by atoms with van der Waals surface area (Å²) in [7, 11) is -3.36. The lowest BCUT2D eigenvalue weighted by molar-refractivity contribution is 0.0102. The number of benzene rings is 1. The van der Waals surface area contributed by atoms with E-state index in [1.54, 1.807) is 12.1 Å². The van der Waals surface area contributed by atoms with Gasteiger partial charge in [-0.25, -0.2) is 8.42 Å². The molecule has 1 atom stereocenters. The summed E-state index contributed by atoms with van der Waals surface area (Å²) in [6, 6.07) is 7.15. The molecule has 0 aromatic heterocycles. The molecule has 22 heavy (non-hydrogen) atoms. The Morgan fingerprint density at radius 3 is 2.68 bits per heavy atom. The van der Waals surface area contributed by atoms with Crippen LogP contribution in [0.1, 0.15) is 22.8 Å². The Labute approximate surface area is 131 Å². The third-order valence-electron chi connectivity index (χ3n) is 3.56. The molecule has 122 valence electrons. The zero-order chi connectivity index (χ0) is 16.2. The average Bonchev–Trinajstić information content (AvgIpc) is 2.47. The van der Waals surface area contributed by atoms with Crippen molar-refractivity contribution in [2.24, 2.45) is 0 Å². The van der Waals surface area contributed by atoms with Crippen LogP contribution < -0.4 is 5.32 Å². The third kappa shape index (κ3) is 4.53. The van der Waals surface area contributed by atoms with Gasteiger partial charge in [-0.1, -0.05) is 17.7 Å². The number of rotatable bonds is 5. The Hall–Kier alpha value is -1.44. The summed E-state index contributed by atoms with van der Waals surface area (Å²) in [6.07, 6.45) is -0.0920. The molecule has 1 aromatic rings. The standard InChI is InChI=1S/C15H22N2O4S/c1-12-3-5-14(6-4-12)15(18)16-7-10-22(19,20)17-8-9-21-13(2)11-17/h3-6,13H,7-11H2,1-2H3,(H,16,18). The number of ether oxygens (including phenoxy) is 1. The first-order valence-electron chi connectivity index (χ1n) is 7.33. The Morgan fingerprint density at radius 2 is 2.05 bits per heavy atom. The number of carbonyl (C=O) groups excluding carboxylic acids is 1. The zero-order valence-electron chi connectivity index (χ0n) is 12.9. The molecule has 1 aliphatic heterocycles. The van der Waals surface area contributed by atoms with Gasteiger partial charge in [0.1, 0.15) is 0 Å². The molecule has 1 N–H and O–H groups in total. The van der Waals surface area contributed by atoms with Crippen LogP contribution in [0.2, 0.25) is 0 Å². The van der Waals surface area contributed by atoms with Gasteiger partial charge in [0.15, 0.2) is 0 Å². The summed E-state index contributed by atoms with van der Waals surface area (Å²) in [5.74, 6) is -0.359. The number of nitrogens with one attached hydrogen (secondary N) is 1. The first-order valence-corrected chi connectivity index (χ1v) is 8.94. The number of morpholine rings is 1. The highest BCUT2D eigenvalue weighted by Crippen LogP contribution is 2.10. The molecule has 0 spiro atoms. The summed E-state index contributed by atoms with van der Waals surface area (Å²) in [4.78, 5) is 11.9. The molecule has 0 bridgehead atoms. The van der Waals surface area contributed by atoms with Crippen LogP contribution in [0, 0.1) is 6.92 Å². The Kier molecular flexibility index (Phi) is 5.55. The first-order chi connectivity index (χ1) is 10.4. The van der Waals surface area contributed by atoms with Crippen molar-refractivity contribution in [2.75, 3.05) is 32.0 Å². The van der Waals surface area contributed by atoms with Gasteiger partial charge in [-0.2, -0.15) is 4.31 Å². The van der Waals surface area contributed by atoms with Crippen LogP contribution in [-0.4, -0.2) is 56.7 Å². The molecule has 0 radical (unpaired) electrons. The SMILES string of the molecule is Cc1ccc(C(=O)NCCS(=O)(=O)N2CCOC(C)C2)cc1. The van der Waals surface area contributed by atoms with Gasteiger partial charge in [0.25, 0.3) is 5.91 Å². The van der Waals surface area contributed by atoms with Crippen molar-refractivity contribution in [2.45, 2.75) is 20.0 Å². The highest BCUT2D eigenvalue weighted by atomic mass is 32.2. The van der Waals surface area contributed by atoms with Crippen molar-refractivity contribution in [3.8, 4) is 0 Å². The van der Waals surface area contributed by atoms with Crippen LogP contribution in [0.5, 0.6) is 0 Å². The molecule has 1 saturated heterocycles. The van der Waals surface area contributed by atoms with Gasteiger partial charge in [0, 0.05) is 25.2 Å². The van der Waals surface area contributed by atoms with E-state index in [0.29, 0.717) is 25.3 Å². The molecule has 6 nitrogen and oxygen atoms in total. The van der Waals surface area contributed by atoms with E-state index in [-0.39, 0.29) is 24.3 Å². The van der Waals surface area contributed by atoms with Crippen LogP contribution in [0.25, 0.3) is 0 Å². The molecule has 1 fully saturated rings. The minimum atomic E-state index is -3.36. The molecular formula is C15H22N2O4S. The molecule has 1 unspecified atom stereocenters. The van der Waals surface area contributed by atoms with Crippen molar-refractivity contribution in [3.63, 3.8) is 0 Å². The molecule has 1 heterocycles. The normalized spacial score (nSPS) is 19.8. The van der Waals surface area contributed by atoms with Crippen LogP contribution in [0.3, 0.4) is 0 Å². The van der Waals surface area contributed by atoms with Gasteiger partial charge < -0.3 is 10.1 Å². The molecular weight excluding hydrogens is 304 g/mol. The van der Waals surface area contributed by atoms with Crippen molar-refractivity contribution in [1.82, 2.24) is 9.62 Å². The Balaban J connectivity index is 1.84. The molecule has 2 rings (SSSR count). The predicted octanol–water partition coefficient (Wildman–Crippen LogP) is 0.775. The number of carbonyl (C=O) groups is 1. The maximum absolute atomic E-state index is 12.2. The van der Waals surface area contributed by atoms with E-state index in [1.807, 2.05) is 26.0 Å². The number of aryl methyl sites for hydroxylation is 1. The maximum atomic E-state index is 12.2. The van der Waals surface area contributed by atoms with Gasteiger partial charge in [-0.15, -0.1) is 0 Å². The lowest BCUT2D eigenvalue weighted by Crippen LogP contribution is -2.46. The molecule has 0 aliphatic carbocycles. The fourth-order valence-electron chi connectivity index (χ4n) is 2.27. The number of sulfonamides is 1. The number of nitrogens with zero attached hydrogens (tertiary/aromatic N) is 1. The maximum Gasteiger partial charge on any atom is 0.251 e. The van der Waals surface area contributed by atoms with Gasteiger partial charge in [0.2, 0.25) is 10.0 Å². The van der Waals surface area contributed by atoms with E-state index >= 15 is 0 Å². The van der Waals surface area contributed by atoms with E-state index in [2.05, 4.69) is 5.32 Å². The second kappa shape index (κ2) is 7.21. The Morgan fingerprint density at radius 1 is 1.36 bits per heavy atom. The molecule has 7 heteroatoms. The fourth-order valence-corrected chi connectivity index (χ4v) is 3.68. The monoisotopic (exact) mass is 326 g/mol. The van der Waals surface area contributed by atoms with E-state index < -0.39 is 10.0 Å². The topological polar surface area (TPSA) is 75.7 Å². The zero-order valence-corrected chi connectivity index (χ0v) is 13.7. The lowest BCUT2D eigenvalue weighted by Gasteiger charge is -2.30. The summed E-state index contributed by atoms with van der Waals surface area (Å²) in [6.45, 7) is 5.04.